The molecule has 7 heteroatoms. The zero-order valence-electron chi connectivity index (χ0n) is 12.3. The van der Waals surface area contributed by atoms with E-state index >= 15 is 0 Å². The summed E-state index contributed by atoms with van der Waals surface area (Å²) in [6, 6.07) is 5.05. The van der Waals surface area contributed by atoms with Crippen LogP contribution in [0.1, 0.15) is 17.6 Å². The summed E-state index contributed by atoms with van der Waals surface area (Å²) in [5.41, 5.74) is 2.61. The molecular formula is C14H18N4O2S. The Balaban J connectivity index is 2.26. The molecule has 1 aromatic carbocycles. The monoisotopic (exact) mass is 306 g/mol. The number of thiazole rings is 1. The van der Waals surface area contributed by atoms with E-state index in [2.05, 4.69) is 10.3 Å². The SMILES string of the molecule is CCNc1cc(N(C)Cc2csc(C)n2)cc([N+](=O)[O-])c1. The van der Waals surface area contributed by atoms with Crippen molar-refractivity contribution in [3.63, 3.8) is 0 Å². The topological polar surface area (TPSA) is 71.3 Å². The van der Waals surface area contributed by atoms with Crippen LogP contribution in [-0.4, -0.2) is 23.5 Å². The van der Waals surface area contributed by atoms with E-state index in [9.17, 15) is 10.1 Å². The number of benzene rings is 1. The molecular weight excluding hydrogens is 288 g/mol. The van der Waals surface area contributed by atoms with Gasteiger partial charge in [0.1, 0.15) is 0 Å². The van der Waals surface area contributed by atoms with Gasteiger partial charge in [-0.15, -0.1) is 11.3 Å². The summed E-state index contributed by atoms with van der Waals surface area (Å²) in [6.07, 6.45) is 0. The molecule has 0 aliphatic rings. The highest BCUT2D eigenvalue weighted by atomic mass is 32.1. The van der Waals surface area contributed by atoms with Crippen LogP contribution < -0.4 is 10.2 Å². The number of nitrogens with one attached hydrogen (secondary N) is 1. The highest BCUT2D eigenvalue weighted by Crippen LogP contribution is 2.27. The van der Waals surface area contributed by atoms with E-state index in [0.717, 1.165) is 28.6 Å². The Bertz CT molecular complexity index is 642. The summed E-state index contributed by atoms with van der Waals surface area (Å²) in [5, 5.41) is 17.2. The van der Waals surface area contributed by atoms with Gasteiger partial charge in [-0.05, 0) is 19.9 Å². The van der Waals surface area contributed by atoms with E-state index in [4.69, 9.17) is 0 Å². The lowest BCUT2D eigenvalue weighted by Gasteiger charge is -2.19. The second-order valence-electron chi connectivity index (χ2n) is 4.74. The van der Waals surface area contributed by atoms with Crippen LogP contribution in [0, 0.1) is 17.0 Å². The molecule has 0 atom stereocenters. The van der Waals surface area contributed by atoms with Crippen LogP contribution in [0.15, 0.2) is 23.6 Å². The van der Waals surface area contributed by atoms with Gasteiger partial charge >= 0.3 is 0 Å². The maximum Gasteiger partial charge on any atom is 0.273 e. The lowest BCUT2D eigenvalue weighted by atomic mass is 10.2. The number of hydrogen-bond acceptors (Lipinski definition) is 6. The van der Waals surface area contributed by atoms with Crippen LogP contribution in [-0.2, 0) is 6.54 Å². The molecule has 21 heavy (non-hydrogen) atoms. The van der Waals surface area contributed by atoms with Gasteiger partial charge in [0.25, 0.3) is 5.69 Å². The number of hydrogen-bond donors (Lipinski definition) is 1. The maximum atomic E-state index is 11.0. The molecule has 1 heterocycles. The minimum atomic E-state index is -0.370. The summed E-state index contributed by atoms with van der Waals surface area (Å²) >= 11 is 1.60. The molecule has 0 fully saturated rings. The highest BCUT2D eigenvalue weighted by Gasteiger charge is 2.13. The van der Waals surface area contributed by atoms with Crippen LogP contribution >= 0.6 is 11.3 Å². The molecule has 2 rings (SSSR count). The number of rotatable bonds is 6. The van der Waals surface area contributed by atoms with Gasteiger partial charge in [-0.1, -0.05) is 0 Å². The average Bonchev–Trinajstić information content (AvgIpc) is 2.84. The first-order chi connectivity index (χ1) is 9.99. The molecule has 0 radical (unpaired) electrons. The molecule has 2 aromatic rings. The number of non-ortho nitro benzene ring substituents is 1. The smallest absolute Gasteiger partial charge is 0.273 e. The van der Waals surface area contributed by atoms with Crippen LogP contribution in [0.5, 0.6) is 0 Å². The number of nitro benzene ring substituents is 1. The van der Waals surface area contributed by atoms with Gasteiger partial charge in [0.15, 0.2) is 0 Å². The molecule has 0 aliphatic carbocycles. The summed E-state index contributed by atoms with van der Waals surface area (Å²) in [4.78, 5) is 17.1. The first kappa shape index (κ1) is 15.2. The number of anilines is 2. The van der Waals surface area contributed by atoms with Gasteiger partial charge in [-0.25, -0.2) is 4.98 Å². The van der Waals surface area contributed by atoms with Gasteiger partial charge in [0, 0.05) is 42.5 Å². The van der Waals surface area contributed by atoms with E-state index in [0.29, 0.717) is 6.54 Å². The Hall–Kier alpha value is -2.15. The lowest BCUT2D eigenvalue weighted by Crippen LogP contribution is -2.17. The van der Waals surface area contributed by atoms with Crippen LogP contribution in [0.25, 0.3) is 0 Å². The molecule has 0 unspecified atom stereocenters. The second-order valence-corrected chi connectivity index (χ2v) is 5.80. The van der Waals surface area contributed by atoms with Crippen molar-refractivity contribution in [1.29, 1.82) is 0 Å². The molecule has 0 bridgehead atoms. The fourth-order valence-corrected chi connectivity index (χ4v) is 2.65. The van der Waals surface area contributed by atoms with Crippen molar-refractivity contribution >= 4 is 28.4 Å². The second kappa shape index (κ2) is 6.53. The Morgan fingerprint density at radius 1 is 1.43 bits per heavy atom. The van der Waals surface area contributed by atoms with Crippen molar-refractivity contribution in [3.8, 4) is 0 Å². The van der Waals surface area contributed by atoms with Crippen molar-refractivity contribution in [3.05, 3.63) is 44.4 Å². The first-order valence-corrected chi connectivity index (χ1v) is 7.53. The Labute approximate surface area is 127 Å². The van der Waals surface area contributed by atoms with Gasteiger partial charge in [0.2, 0.25) is 0 Å². The largest absolute Gasteiger partial charge is 0.385 e. The summed E-state index contributed by atoms with van der Waals surface area (Å²) in [5.74, 6) is 0. The summed E-state index contributed by atoms with van der Waals surface area (Å²) < 4.78 is 0. The molecule has 0 saturated carbocycles. The molecule has 1 N–H and O–H groups in total. The van der Waals surface area contributed by atoms with Crippen molar-refractivity contribution in [2.45, 2.75) is 20.4 Å². The molecule has 1 aromatic heterocycles. The fourth-order valence-electron chi connectivity index (χ4n) is 2.04. The first-order valence-electron chi connectivity index (χ1n) is 6.65. The number of nitro groups is 1. The zero-order valence-corrected chi connectivity index (χ0v) is 13.1. The molecule has 6 nitrogen and oxygen atoms in total. The maximum absolute atomic E-state index is 11.0. The molecule has 0 spiro atoms. The number of aromatic nitrogens is 1. The van der Waals surface area contributed by atoms with Crippen molar-refractivity contribution in [2.24, 2.45) is 0 Å². The van der Waals surface area contributed by atoms with Crippen molar-refractivity contribution < 1.29 is 4.92 Å². The van der Waals surface area contributed by atoms with E-state index in [1.807, 2.05) is 37.2 Å². The third kappa shape index (κ3) is 3.91. The Morgan fingerprint density at radius 2 is 2.19 bits per heavy atom. The van der Waals surface area contributed by atoms with Crippen LogP contribution in [0.3, 0.4) is 0 Å². The van der Waals surface area contributed by atoms with Crippen molar-refractivity contribution in [2.75, 3.05) is 23.8 Å². The van der Waals surface area contributed by atoms with E-state index in [-0.39, 0.29) is 10.6 Å². The van der Waals surface area contributed by atoms with Gasteiger partial charge in [-0.3, -0.25) is 10.1 Å². The van der Waals surface area contributed by atoms with Gasteiger partial charge in [0.05, 0.1) is 22.2 Å². The van der Waals surface area contributed by atoms with Gasteiger partial charge in [-0.2, -0.15) is 0 Å². The highest BCUT2D eigenvalue weighted by molar-refractivity contribution is 7.09. The Morgan fingerprint density at radius 3 is 2.76 bits per heavy atom. The zero-order chi connectivity index (χ0) is 15.4. The summed E-state index contributed by atoms with van der Waals surface area (Å²) in [6.45, 7) is 5.26. The average molecular weight is 306 g/mol. The van der Waals surface area contributed by atoms with E-state index in [1.165, 1.54) is 0 Å². The van der Waals surface area contributed by atoms with Crippen LogP contribution in [0.2, 0.25) is 0 Å². The summed E-state index contributed by atoms with van der Waals surface area (Å²) in [7, 11) is 1.91. The Kier molecular flexibility index (Phi) is 4.74. The molecule has 112 valence electrons. The molecule has 0 aliphatic heterocycles. The normalized spacial score (nSPS) is 10.4. The van der Waals surface area contributed by atoms with E-state index < -0.39 is 0 Å². The predicted molar refractivity (Wildman–Crippen MR) is 86.2 cm³/mol. The van der Waals surface area contributed by atoms with Crippen molar-refractivity contribution in [1.82, 2.24) is 4.98 Å². The lowest BCUT2D eigenvalue weighted by molar-refractivity contribution is -0.384. The quantitative estimate of drug-likeness (QED) is 0.654. The third-order valence-corrected chi connectivity index (χ3v) is 3.82. The number of aryl methyl sites for hydroxylation is 1. The molecule has 0 saturated heterocycles. The fraction of sp³-hybridized carbons (Fsp3) is 0.357. The standard InChI is InChI=1S/C14H18N4O2S/c1-4-15-11-5-13(7-14(6-11)18(19)20)17(3)8-12-9-21-10(2)16-12/h5-7,9,15H,4,8H2,1-3H3. The predicted octanol–water partition coefficient (Wildman–Crippen LogP) is 3.43. The number of nitrogens with zero attached hydrogens (tertiary/aromatic N) is 3. The van der Waals surface area contributed by atoms with Gasteiger partial charge < -0.3 is 10.2 Å². The third-order valence-electron chi connectivity index (χ3n) is 3.00. The van der Waals surface area contributed by atoms with E-state index in [1.54, 1.807) is 23.5 Å². The minimum Gasteiger partial charge on any atom is -0.385 e. The molecule has 0 amide bonds. The van der Waals surface area contributed by atoms with Crippen LogP contribution in [0.4, 0.5) is 17.1 Å². The minimum absolute atomic E-state index is 0.0877.